The number of aliphatic hydroxyl groups is 1. The monoisotopic (exact) mass is 195 g/mol. The average Bonchev–Trinajstić information content (AvgIpc) is 2.06. The van der Waals surface area contributed by atoms with Crippen LogP contribution < -0.4 is 40.0 Å². The second-order valence-electron chi connectivity index (χ2n) is 1.43. The Morgan fingerprint density at radius 1 is 1.38 bits per heavy atom. The Kier molecular flexibility index (Phi) is 19.5. The van der Waals surface area contributed by atoms with Crippen LogP contribution in [0.4, 0.5) is 0 Å². The van der Waals surface area contributed by atoms with Gasteiger partial charge in [-0.15, -0.1) is 0 Å². The Morgan fingerprint density at radius 3 is 1.85 bits per heavy atom. The second kappa shape index (κ2) is 13.9. The van der Waals surface area contributed by atoms with E-state index in [1.807, 2.05) is 0 Å². The molecule has 0 radical (unpaired) electrons. The van der Waals surface area contributed by atoms with Gasteiger partial charge in [-0.3, -0.25) is 4.79 Å². The molecule has 0 unspecified atom stereocenters. The molecule has 0 aromatic heterocycles. The minimum Gasteiger partial charge on any atom is -0.545 e. The Bertz CT molecular complexity index is 181. The van der Waals surface area contributed by atoms with Gasteiger partial charge in [0.1, 0.15) is 6.73 Å². The topological polar surface area (TPSA) is 89.5 Å². The van der Waals surface area contributed by atoms with Gasteiger partial charge in [-0.25, -0.2) is 0 Å². The van der Waals surface area contributed by atoms with E-state index < -0.39 is 5.97 Å². The summed E-state index contributed by atoms with van der Waals surface area (Å²) in [5.74, 6) is -1.59. The molecule has 68 valence electrons. The third-order valence-corrected chi connectivity index (χ3v) is 0.605. The van der Waals surface area contributed by atoms with Crippen molar-refractivity contribution in [3.05, 3.63) is 25.3 Å². The first-order valence-electron chi connectivity index (χ1n) is 2.93. The number of rotatable bonds is 3. The van der Waals surface area contributed by atoms with Crippen LogP contribution in [-0.4, -0.2) is 23.7 Å². The number of aliphatic carboxylic acids is 1. The van der Waals surface area contributed by atoms with E-state index >= 15 is 0 Å². The number of nitrogens with one attached hydrogen (secondary N) is 1. The molecule has 0 saturated heterocycles. The quantitative estimate of drug-likeness (QED) is 0.268. The smallest absolute Gasteiger partial charge is 0.545 e. The zero-order chi connectivity index (χ0) is 9.98. The molecule has 0 aliphatic carbocycles. The Labute approximate surface area is 98.4 Å². The summed E-state index contributed by atoms with van der Waals surface area (Å²) in [5, 5.41) is 19.2. The van der Waals surface area contributed by atoms with Crippen molar-refractivity contribution in [3.63, 3.8) is 0 Å². The molecule has 0 aromatic carbocycles. The molecule has 0 spiro atoms. The van der Waals surface area contributed by atoms with Gasteiger partial charge in [0.2, 0.25) is 5.91 Å². The van der Waals surface area contributed by atoms with E-state index in [1.165, 1.54) is 0 Å². The number of carbonyl (C=O) groups excluding carboxylic acids is 2. The largest absolute Gasteiger partial charge is 1.00 e. The summed E-state index contributed by atoms with van der Waals surface area (Å²) < 4.78 is 0. The van der Waals surface area contributed by atoms with Gasteiger partial charge in [-0.2, -0.15) is 0 Å². The van der Waals surface area contributed by atoms with Gasteiger partial charge in [-0.1, -0.05) is 13.2 Å². The molecule has 5 nitrogen and oxygen atoms in total. The van der Waals surface area contributed by atoms with Gasteiger partial charge < -0.3 is 20.3 Å². The number of hydrogen-bond donors (Lipinski definition) is 2. The molecule has 2 N–H and O–H groups in total. The van der Waals surface area contributed by atoms with Crippen molar-refractivity contribution in [2.75, 3.05) is 6.73 Å². The van der Waals surface area contributed by atoms with Crippen LogP contribution in [0.5, 0.6) is 0 Å². The maximum Gasteiger partial charge on any atom is 1.00 e. The average molecular weight is 195 g/mol. The third kappa shape index (κ3) is 24.6. The predicted molar refractivity (Wildman–Crippen MR) is 40.6 cm³/mol. The number of carboxylic acid groups (broad SMARTS) is 1. The van der Waals surface area contributed by atoms with E-state index in [0.29, 0.717) is 0 Å². The molecular formula is C7H10NNaO4. The molecule has 0 heterocycles. The fourth-order valence-corrected chi connectivity index (χ4v) is 0.150. The summed E-state index contributed by atoms with van der Waals surface area (Å²) in [5.41, 5.74) is 0. The molecule has 0 fully saturated rings. The number of carbonyl (C=O) groups is 2. The summed E-state index contributed by atoms with van der Waals surface area (Å²) in [6, 6.07) is 0. The van der Waals surface area contributed by atoms with Gasteiger partial charge in [0.05, 0.1) is 5.97 Å². The van der Waals surface area contributed by atoms with Gasteiger partial charge in [0.25, 0.3) is 0 Å². The first-order chi connectivity index (χ1) is 5.58. The van der Waals surface area contributed by atoms with Crippen LogP contribution in [0.3, 0.4) is 0 Å². The zero-order valence-corrected chi connectivity index (χ0v) is 9.45. The molecule has 0 aliphatic heterocycles. The Hall–Kier alpha value is -0.620. The molecule has 6 heteroatoms. The summed E-state index contributed by atoms with van der Waals surface area (Å²) in [6.45, 7) is 5.73. The van der Waals surface area contributed by atoms with E-state index in [2.05, 4.69) is 18.5 Å². The van der Waals surface area contributed by atoms with Crippen LogP contribution in [0.25, 0.3) is 0 Å². The number of hydrogen-bond acceptors (Lipinski definition) is 4. The van der Waals surface area contributed by atoms with Crippen LogP contribution in [0.1, 0.15) is 0 Å². The molecule has 1 amide bonds. The molecule has 13 heavy (non-hydrogen) atoms. The standard InChI is InChI=1S/C4H7NO2.C3H4O2.Na/c1-2-4(7)5-3-6;1-2-3(4)5;/h2,6H,1,3H2,(H,5,7);2H,1H2,(H,4,5);/q;;+1/p-1. The third-order valence-electron chi connectivity index (χ3n) is 0.605. The van der Waals surface area contributed by atoms with Crippen LogP contribution in [0, 0.1) is 0 Å². The second-order valence-corrected chi connectivity index (χ2v) is 1.43. The predicted octanol–water partition coefficient (Wildman–Crippen LogP) is -4.84. The van der Waals surface area contributed by atoms with Gasteiger partial charge in [0.15, 0.2) is 0 Å². The van der Waals surface area contributed by atoms with Crippen LogP contribution in [0.15, 0.2) is 25.3 Å². The van der Waals surface area contributed by atoms with E-state index in [4.69, 9.17) is 15.0 Å². The Morgan fingerprint density at radius 2 is 1.77 bits per heavy atom. The molecule has 0 atom stereocenters. The van der Waals surface area contributed by atoms with Crippen molar-refractivity contribution in [2.24, 2.45) is 0 Å². The van der Waals surface area contributed by atoms with E-state index in [9.17, 15) is 4.79 Å². The van der Waals surface area contributed by atoms with Gasteiger partial charge in [0, 0.05) is 0 Å². The molecule has 0 aliphatic rings. The van der Waals surface area contributed by atoms with Crippen molar-refractivity contribution in [1.82, 2.24) is 5.32 Å². The fraction of sp³-hybridized carbons (Fsp3) is 0.143. The maximum atomic E-state index is 10.0. The molecule has 0 saturated carbocycles. The van der Waals surface area contributed by atoms with Crippen molar-refractivity contribution < 1.29 is 49.4 Å². The molecular weight excluding hydrogens is 185 g/mol. The van der Waals surface area contributed by atoms with E-state index in [-0.39, 0.29) is 42.2 Å². The van der Waals surface area contributed by atoms with Crippen LogP contribution in [0.2, 0.25) is 0 Å². The Balaban J connectivity index is -0.000000150. The summed E-state index contributed by atoms with van der Waals surface area (Å²) in [4.78, 5) is 19.2. The maximum absolute atomic E-state index is 10.0. The van der Waals surface area contributed by atoms with Crippen molar-refractivity contribution in [1.29, 1.82) is 0 Å². The van der Waals surface area contributed by atoms with E-state index in [1.54, 1.807) is 0 Å². The van der Waals surface area contributed by atoms with Crippen molar-refractivity contribution in [2.45, 2.75) is 0 Å². The van der Waals surface area contributed by atoms with Gasteiger partial charge >= 0.3 is 29.6 Å². The van der Waals surface area contributed by atoms with Crippen LogP contribution in [-0.2, 0) is 9.59 Å². The minimum absolute atomic E-state index is 0. The normalized spacial score (nSPS) is 6.54. The summed E-state index contributed by atoms with van der Waals surface area (Å²) in [7, 11) is 0. The molecule has 0 rings (SSSR count). The van der Waals surface area contributed by atoms with Crippen molar-refractivity contribution >= 4 is 11.9 Å². The van der Waals surface area contributed by atoms with Crippen molar-refractivity contribution in [3.8, 4) is 0 Å². The van der Waals surface area contributed by atoms with E-state index in [0.717, 1.165) is 12.2 Å². The fourth-order valence-electron chi connectivity index (χ4n) is 0.150. The summed E-state index contributed by atoms with van der Waals surface area (Å²) >= 11 is 0. The number of aliphatic hydroxyl groups excluding tert-OH is 1. The molecule has 0 bridgehead atoms. The van der Waals surface area contributed by atoms with Crippen LogP contribution >= 0.6 is 0 Å². The number of amides is 1. The zero-order valence-electron chi connectivity index (χ0n) is 7.45. The first-order valence-corrected chi connectivity index (χ1v) is 2.93. The first kappa shape index (κ1) is 18.2. The molecule has 0 aromatic rings. The summed E-state index contributed by atoms with van der Waals surface area (Å²) in [6.07, 6.45) is 1.82. The number of carboxylic acids is 1. The minimum atomic E-state index is -1.23. The SMILES string of the molecule is C=CC(=O)NCO.C=CC(=O)[O-].[Na+]. The van der Waals surface area contributed by atoms with Gasteiger partial charge in [-0.05, 0) is 12.2 Å².